The number of rotatable bonds is 4. The number of fused-ring (bicyclic) bond motifs is 2. The number of carbonyl (C=O) groups is 2. The Morgan fingerprint density at radius 2 is 2.20 bits per heavy atom. The van der Waals surface area contributed by atoms with Crippen LogP contribution in [0.1, 0.15) is 32.6 Å². The van der Waals surface area contributed by atoms with Crippen molar-refractivity contribution >= 4 is 40.6 Å². The highest BCUT2D eigenvalue weighted by molar-refractivity contribution is 8.14. The molecule has 136 valence electrons. The Morgan fingerprint density at radius 1 is 1.44 bits per heavy atom. The third-order valence-electron chi connectivity index (χ3n) is 4.25. The molecular weight excluding hydrogens is 362 g/mol. The van der Waals surface area contributed by atoms with Crippen molar-refractivity contribution in [3.05, 3.63) is 21.8 Å². The van der Waals surface area contributed by atoms with Gasteiger partial charge in [-0.15, -0.1) is 11.8 Å². The van der Waals surface area contributed by atoms with E-state index in [1.165, 1.54) is 16.7 Å². The molecule has 2 heterocycles. The Kier molecular flexibility index (Phi) is 5.63. The molecule has 3 aliphatic rings. The van der Waals surface area contributed by atoms with Crippen LogP contribution in [0.3, 0.4) is 0 Å². The van der Waals surface area contributed by atoms with Gasteiger partial charge in [0.2, 0.25) is 0 Å². The van der Waals surface area contributed by atoms with Crippen LogP contribution in [0.4, 0.5) is 0 Å². The summed E-state index contributed by atoms with van der Waals surface area (Å²) in [5.74, 6) is -1.00. The summed E-state index contributed by atoms with van der Waals surface area (Å²) >= 11 is 2.85. The lowest BCUT2D eigenvalue weighted by molar-refractivity contribution is -0.143. The Morgan fingerprint density at radius 3 is 2.92 bits per heavy atom. The molecule has 7 nitrogen and oxygen atoms in total. The van der Waals surface area contributed by atoms with Gasteiger partial charge in [0, 0.05) is 16.9 Å². The smallest absolute Gasteiger partial charge is 0.325 e. The van der Waals surface area contributed by atoms with E-state index in [1.54, 1.807) is 29.5 Å². The van der Waals surface area contributed by atoms with Gasteiger partial charge in [-0.1, -0.05) is 0 Å². The van der Waals surface area contributed by atoms with Crippen molar-refractivity contribution in [3.8, 4) is 0 Å². The molecule has 1 aliphatic carbocycles. The van der Waals surface area contributed by atoms with Gasteiger partial charge in [0.05, 0.1) is 6.61 Å². The molecule has 0 spiro atoms. The van der Waals surface area contributed by atoms with E-state index in [4.69, 9.17) is 4.74 Å². The molecule has 0 bridgehead atoms. The largest absolute Gasteiger partial charge is 0.509 e. The number of allylic oxidation sites excluding steroid dienone is 1. The van der Waals surface area contributed by atoms with Crippen LogP contribution in [0.15, 0.2) is 26.9 Å². The predicted molar refractivity (Wildman–Crippen MR) is 99.0 cm³/mol. The molecule has 1 amide bonds. The van der Waals surface area contributed by atoms with Crippen molar-refractivity contribution in [1.29, 1.82) is 0 Å². The van der Waals surface area contributed by atoms with Crippen molar-refractivity contribution < 1.29 is 19.4 Å². The first kappa shape index (κ1) is 18.2. The predicted octanol–water partition coefficient (Wildman–Crippen LogP) is 2.33. The van der Waals surface area contributed by atoms with Gasteiger partial charge in [0.15, 0.2) is 0 Å². The highest BCUT2D eigenvalue weighted by Gasteiger charge is 2.43. The molecule has 1 atom stereocenters. The molecule has 0 saturated carbocycles. The Balaban J connectivity index is 1.84. The number of ether oxygens (including phenoxy) is 1. The number of nitrogens with one attached hydrogen (secondary N) is 1. The van der Waals surface area contributed by atoms with E-state index in [1.807, 2.05) is 0 Å². The maximum absolute atomic E-state index is 12.6. The Labute approximate surface area is 155 Å². The number of amides is 1. The van der Waals surface area contributed by atoms with Gasteiger partial charge in [-0.25, -0.2) is 4.41 Å². The second kappa shape index (κ2) is 7.74. The third kappa shape index (κ3) is 3.52. The fourth-order valence-electron chi connectivity index (χ4n) is 3.14. The van der Waals surface area contributed by atoms with Crippen molar-refractivity contribution in [2.24, 2.45) is 5.10 Å². The molecule has 25 heavy (non-hydrogen) atoms. The normalized spacial score (nSPS) is 22.4. The van der Waals surface area contributed by atoms with Crippen LogP contribution in [0, 0.1) is 0 Å². The number of thioether (sulfide) groups is 1. The summed E-state index contributed by atoms with van der Waals surface area (Å²) in [4.78, 5) is 25.3. The molecule has 0 radical (unpaired) electrons. The van der Waals surface area contributed by atoms with Crippen molar-refractivity contribution in [2.45, 2.75) is 38.6 Å². The van der Waals surface area contributed by atoms with E-state index < -0.39 is 11.9 Å². The fraction of sp³-hybridized carbons (Fsp3) is 0.562. The van der Waals surface area contributed by atoms with E-state index in [0.29, 0.717) is 5.04 Å². The van der Waals surface area contributed by atoms with Crippen LogP contribution >= 0.6 is 23.7 Å². The molecule has 2 N–H and O–H groups in total. The lowest BCUT2D eigenvalue weighted by atomic mass is 9.91. The number of hydrogen-bond donors (Lipinski definition) is 2. The summed E-state index contributed by atoms with van der Waals surface area (Å²) in [6.45, 7) is 1.73. The number of aliphatic hydroxyl groups is 1. The molecule has 0 aromatic carbocycles. The van der Waals surface area contributed by atoms with Crippen LogP contribution in [0.5, 0.6) is 0 Å². The summed E-state index contributed by atoms with van der Waals surface area (Å²) < 4.78 is 6.60. The van der Waals surface area contributed by atoms with Gasteiger partial charge < -0.3 is 15.2 Å². The first-order valence-electron chi connectivity index (χ1n) is 8.25. The molecule has 0 saturated heterocycles. The lowest BCUT2D eigenvalue weighted by Gasteiger charge is -2.29. The molecule has 1 unspecified atom stereocenters. The number of aliphatic hydroxyl groups excluding tert-OH is 1. The van der Waals surface area contributed by atoms with Crippen molar-refractivity contribution in [3.63, 3.8) is 0 Å². The lowest BCUT2D eigenvalue weighted by Crippen LogP contribution is -2.39. The summed E-state index contributed by atoms with van der Waals surface area (Å²) in [6, 6.07) is -0.375. The minimum atomic E-state index is -0.510. The van der Waals surface area contributed by atoms with Crippen LogP contribution in [-0.4, -0.2) is 51.9 Å². The number of nitrogens with zero attached hydrogens (tertiary/aromatic N) is 2. The first-order valence-corrected chi connectivity index (χ1v) is 10.3. The molecule has 9 heteroatoms. The standard InChI is InChI=1S/C16H21N3O4S2/c1-3-23-11(20)8-17-15(22)12-14(21)13-9-6-4-5-7-10(9)25-19(13)18-16(12)24-2/h13,21H,3-8H2,1-2H3,(H,17,22). The minimum absolute atomic E-state index is 0.0140. The molecule has 0 aromatic rings. The van der Waals surface area contributed by atoms with Gasteiger partial charge in [-0.2, -0.15) is 5.10 Å². The van der Waals surface area contributed by atoms with Crippen LogP contribution in [0.25, 0.3) is 0 Å². The second-order valence-electron chi connectivity index (χ2n) is 5.81. The summed E-state index contributed by atoms with van der Waals surface area (Å²) in [7, 11) is 0. The zero-order chi connectivity index (χ0) is 18.0. The van der Waals surface area contributed by atoms with E-state index in [2.05, 4.69) is 10.4 Å². The first-order chi connectivity index (χ1) is 12.1. The van der Waals surface area contributed by atoms with E-state index in [0.717, 1.165) is 31.3 Å². The zero-order valence-corrected chi connectivity index (χ0v) is 15.8. The van der Waals surface area contributed by atoms with Crippen LogP contribution < -0.4 is 5.32 Å². The van der Waals surface area contributed by atoms with Crippen LogP contribution in [0.2, 0.25) is 0 Å². The minimum Gasteiger partial charge on any atom is -0.509 e. The molecule has 3 rings (SSSR count). The van der Waals surface area contributed by atoms with Gasteiger partial charge in [0.25, 0.3) is 5.91 Å². The van der Waals surface area contributed by atoms with Gasteiger partial charge in [0.1, 0.15) is 29.0 Å². The zero-order valence-electron chi connectivity index (χ0n) is 14.2. The van der Waals surface area contributed by atoms with E-state index >= 15 is 0 Å². The SMILES string of the molecule is CCOC(=O)CNC(=O)C1=C(O)C2C3=C(CCCC3)SN2N=C1SC. The Bertz CT molecular complexity index is 687. The number of hydrogen-bond acceptors (Lipinski definition) is 8. The highest BCUT2D eigenvalue weighted by Crippen LogP contribution is 2.49. The highest BCUT2D eigenvalue weighted by atomic mass is 32.2. The summed E-state index contributed by atoms with van der Waals surface area (Å²) in [5.41, 5.74) is 1.31. The summed E-state index contributed by atoms with van der Waals surface area (Å²) in [5, 5.41) is 18.3. The number of esters is 1. The van der Waals surface area contributed by atoms with Crippen molar-refractivity contribution in [1.82, 2.24) is 9.73 Å². The average molecular weight is 383 g/mol. The second-order valence-corrected chi connectivity index (χ2v) is 7.65. The van der Waals surface area contributed by atoms with E-state index in [9.17, 15) is 14.7 Å². The van der Waals surface area contributed by atoms with Crippen LogP contribution in [-0.2, 0) is 14.3 Å². The Hall–Kier alpha value is -1.61. The van der Waals surface area contributed by atoms with Gasteiger partial charge >= 0.3 is 5.97 Å². The van der Waals surface area contributed by atoms with E-state index in [-0.39, 0.29) is 30.5 Å². The topological polar surface area (TPSA) is 91.2 Å². The molecule has 0 aromatic heterocycles. The average Bonchev–Trinajstić information content (AvgIpc) is 2.98. The maximum Gasteiger partial charge on any atom is 0.325 e. The monoisotopic (exact) mass is 383 g/mol. The molecule has 0 fully saturated rings. The fourth-order valence-corrected chi connectivity index (χ4v) is 5.01. The van der Waals surface area contributed by atoms with Crippen molar-refractivity contribution in [2.75, 3.05) is 19.4 Å². The summed E-state index contributed by atoms with van der Waals surface area (Å²) in [6.07, 6.45) is 5.94. The maximum atomic E-state index is 12.6. The van der Waals surface area contributed by atoms with Gasteiger partial charge in [-0.3, -0.25) is 9.59 Å². The molecular formula is C16H21N3O4S2. The number of hydrazone groups is 1. The quantitative estimate of drug-likeness (QED) is 0.569. The third-order valence-corrected chi connectivity index (χ3v) is 6.09. The van der Waals surface area contributed by atoms with Gasteiger partial charge in [-0.05, 0) is 44.4 Å². The number of carbonyl (C=O) groups excluding carboxylic acids is 2. The molecule has 2 aliphatic heterocycles.